The lowest BCUT2D eigenvalue weighted by molar-refractivity contribution is -0.116. The van der Waals surface area contributed by atoms with Crippen molar-refractivity contribution in [3.63, 3.8) is 0 Å². The molecule has 0 saturated heterocycles. The zero-order valence-electron chi connectivity index (χ0n) is 21.5. The van der Waals surface area contributed by atoms with Crippen molar-refractivity contribution in [2.45, 2.75) is 57.8 Å². The molecule has 2 unspecified atom stereocenters. The smallest absolute Gasteiger partial charge is 0.254 e. The van der Waals surface area contributed by atoms with Gasteiger partial charge in [0.25, 0.3) is 5.91 Å². The minimum Gasteiger partial charge on any atom is -0.362 e. The van der Waals surface area contributed by atoms with Crippen LogP contribution in [0, 0.1) is 5.82 Å². The van der Waals surface area contributed by atoms with Gasteiger partial charge in [0.15, 0.2) is 5.78 Å². The second-order valence-corrected chi connectivity index (χ2v) is 11.9. The highest BCUT2D eigenvalue weighted by molar-refractivity contribution is 7.12. The van der Waals surface area contributed by atoms with Crippen LogP contribution in [0.1, 0.15) is 67.7 Å². The maximum atomic E-state index is 14.4. The quantitative estimate of drug-likeness (QED) is 0.388. The predicted molar refractivity (Wildman–Crippen MR) is 147 cm³/mol. The van der Waals surface area contributed by atoms with E-state index >= 15 is 0 Å². The standard InChI is InChI=1S/C31H31FN2O2S/c1-18-27(30(36)34-22-13-9-8-12-21(22)32)29(25-14-15-26(37-25)31(2,3)4)28-23(33-18)16-20(17-24(28)35)19-10-6-5-7-11-19/h5-15,20,29,33H,16-17H2,1-4H3,(H,34,36). The normalized spacial score (nSPS) is 20.0. The minimum atomic E-state index is -0.506. The Morgan fingerprint density at radius 3 is 2.38 bits per heavy atom. The van der Waals surface area contributed by atoms with Gasteiger partial charge in [-0.2, -0.15) is 0 Å². The molecule has 0 fully saturated rings. The van der Waals surface area contributed by atoms with Crippen molar-refractivity contribution in [2.75, 3.05) is 5.32 Å². The van der Waals surface area contributed by atoms with Gasteiger partial charge < -0.3 is 10.6 Å². The summed E-state index contributed by atoms with van der Waals surface area (Å²) in [7, 11) is 0. The fraction of sp³-hybridized carbons (Fsp3) is 0.290. The number of carbonyl (C=O) groups excluding carboxylic acids is 2. The number of thiophene rings is 1. The van der Waals surface area contributed by atoms with E-state index < -0.39 is 17.6 Å². The van der Waals surface area contributed by atoms with Crippen molar-refractivity contribution in [3.8, 4) is 0 Å². The van der Waals surface area contributed by atoms with Crippen LogP contribution in [0.4, 0.5) is 10.1 Å². The SMILES string of the molecule is CC1=C(C(=O)Nc2ccccc2F)C(c2ccc(C(C)(C)C)s2)C2=C(CC(c3ccccc3)CC2=O)N1. The maximum Gasteiger partial charge on any atom is 0.254 e. The second kappa shape index (κ2) is 9.75. The number of allylic oxidation sites excluding steroid dienone is 3. The van der Waals surface area contributed by atoms with Crippen LogP contribution in [0.2, 0.25) is 0 Å². The number of anilines is 1. The summed E-state index contributed by atoms with van der Waals surface area (Å²) < 4.78 is 14.4. The molecule has 0 radical (unpaired) electrons. The number of halogens is 1. The van der Waals surface area contributed by atoms with E-state index in [9.17, 15) is 14.0 Å². The molecule has 2 aromatic carbocycles. The molecular weight excluding hydrogens is 483 g/mol. The summed E-state index contributed by atoms with van der Waals surface area (Å²) in [6.45, 7) is 8.32. The van der Waals surface area contributed by atoms with Gasteiger partial charge in [-0.05, 0) is 54.5 Å². The van der Waals surface area contributed by atoms with Gasteiger partial charge in [-0.3, -0.25) is 9.59 Å². The summed E-state index contributed by atoms with van der Waals surface area (Å²) in [6, 6.07) is 20.3. The molecule has 37 heavy (non-hydrogen) atoms. The van der Waals surface area contributed by atoms with Crippen LogP contribution in [0.5, 0.6) is 0 Å². The Bertz CT molecular complexity index is 1430. The lowest BCUT2D eigenvalue weighted by Gasteiger charge is -2.36. The first-order valence-electron chi connectivity index (χ1n) is 12.6. The molecule has 2 atom stereocenters. The average Bonchev–Trinajstić information content (AvgIpc) is 3.36. The molecule has 1 aromatic heterocycles. The molecule has 5 rings (SSSR count). The first-order valence-corrected chi connectivity index (χ1v) is 13.4. The van der Waals surface area contributed by atoms with E-state index in [1.807, 2.05) is 31.2 Å². The topological polar surface area (TPSA) is 58.2 Å². The highest BCUT2D eigenvalue weighted by Crippen LogP contribution is 2.48. The van der Waals surface area contributed by atoms with Gasteiger partial charge >= 0.3 is 0 Å². The van der Waals surface area contributed by atoms with E-state index in [1.165, 1.54) is 17.0 Å². The van der Waals surface area contributed by atoms with Crippen LogP contribution in [0.25, 0.3) is 0 Å². The van der Waals surface area contributed by atoms with Crippen molar-refractivity contribution in [1.29, 1.82) is 0 Å². The van der Waals surface area contributed by atoms with Crippen molar-refractivity contribution in [2.24, 2.45) is 0 Å². The lowest BCUT2D eigenvalue weighted by Crippen LogP contribution is -2.36. The molecule has 190 valence electrons. The number of hydrogen-bond acceptors (Lipinski definition) is 4. The molecule has 6 heteroatoms. The van der Waals surface area contributed by atoms with Crippen LogP contribution in [-0.4, -0.2) is 11.7 Å². The Morgan fingerprint density at radius 1 is 1.00 bits per heavy atom. The van der Waals surface area contributed by atoms with Gasteiger partial charge in [0.05, 0.1) is 11.6 Å². The molecular formula is C31H31FN2O2S. The van der Waals surface area contributed by atoms with Crippen LogP contribution in [-0.2, 0) is 15.0 Å². The third kappa shape index (κ3) is 4.90. The number of amides is 1. The Balaban J connectivity index is 1.58. The van der Waals surface area contributed by atoms with Crippen LogP contribution >= 0.6 is 11.3 Å². The van der Waals surface area contributed by atoms with E-state index in [2.05, 4.69) is 49.6 Å². The van der Waals surface area contributed by atoms with E-state index in [-0.39, 0.29) is 22.8 Å². The number of rotatable bonds is 4. The first kappa shape index (κ1) is 25.2. The van der Waals surface area contributed by atoms with E-state index in [1.54, 1.807) is 23.5 Å². The third-order valence-electron chi connectivity index (χ3n) is 7.12. The Kier molecular flexibility index (Phi) is 6.63. The highest BCUT2D eigenvalue weighted by Gasteiger charge is 2.41. The third-order valence-corrected chi connectivity index (χ3v) is 8.69. The molecule has 0 bridgehead atoms. The molecule has 0 spiro atoms. The van der Waals surface area contributed by atoms with E-state index in [0.29, 0.717) is 29.7 Å². The minimum absolute atomic E-state index is 0.0435. The van der Waals surface area contributed by atoms with Gasteiger partial charge in [-0.25, -0.2) is 4.39 Å². The van der Waals surface area contributed by atoms with E-state index in [4.69, 9.17) is 0 Å². The average molecular weight is 515 g/mol. The highest BCUT2D eigenvalue weighted by atomic mass is 32.1. The van der Waals surface area contributed by atoms with Gasteiger partial charge in [0, 0.05) is 38.7 Å². The summed E-state index contributed by atoms with van der Waals surface area (Å²) in [4.78, 5) is 29.6. The number of ketones is 1. The summed E-state index contributed by atoms with van der Waals surface area (Å²) in [5, 5.41) is 6.16. The summed E-state index contributed by atoms with van der Waals surface area (Å²) in [5.74, 6) is -1.29. The lowest BCUT2D eigenvalue weighted by atomic mass is 9.73. The summed E-state index contributed by atoms with van der Waals surface area (Å²) in [6.07, 6.45) is 1.08. The predicted octanol–water partition coefficient (Wildman–Crippen LogP) is 7.19. The fourth-order valence-corrected chi connectivity index (χ4v) is 6.43. The second-order valence-electron chi connectivity index (χ2n) is 10.8. The Hall–Kier alpha value is -3.51. The zero-order valence-corrected chi connectivity index (χ0v) is 22.3. The van der Waals surface area contributed by atoms with Gasteiger partial charge in [0.2, 0.25) is 0 Å². The number of carbonyl (C=O) groups is 2. The van der Waals surface area contributed by atoms with Crippen LogP contribution < -0.4 is 10.6 Å². The number of hydrogen-bond donors (Lipinski definition) is 2. The molecule has 2 heterocycles. The molecule has 4 nitrogen and oxygen atoms in total. The fourth-order valence-electron chi connectivity index (χ4n) is 5.25. The van der Waals surface area contributed by atoms with Crippen molar-refractivity contribution >= 4 is 28.7 Å². The molecule has 1 aliphatic heterocycles. The monoisotopic (exact) mass is 514 g/mol. The molecule has 2 N–H and O–H groups in total. The number of nitrogens with one attached hydrogen (secondary N) is 2. The van der Waals surface area contributed by atoms with Gasteiger partial charge in [-0.1, -0.05) is 63.2 Å². The van der Waals surface area contributed by atoms with Gasteiger partial charge in [-0.15, -0.1) is 11.3 Å². The molecule has 1 aliphatic carbocycles. The number of para-hydroxylation sites is 1. The number of benzene rings is 2. The van der Waals surface area contributed by atoms with Gasteiger partial charge in [0.1, 0.15) is 5.82 Å². The maximum absolute atomic E-state index is 14.4. The molecule has 0 saturated carbocycles. The Morgan fingerprint density at radius 2 is 1.70 bits per heavy atom. The largest absolute Gasteiger partial charge is 0.362 e. The number of Topliss-reactive ketones (excluding diaryl/α,β-unsaturated/α-hetero) is 1. The molecule has 1 amide bonds. The molecule has 3 aromatic rings. The zero-order chi connectivity index (χ0) is 26.3. The van der Waals surface area contributed by atoms with Crippen molar-refractivity contribution in [3.05, 3.63) is 110 Å². The van der Waals surface area contributed by atoms with E-state index in [0.717, 1.165) is 16.1 Å². The van der Waals surface area contributed by atoms with Crippen molar-refractivity contribution < 1.29 is 14.0 Å². The van der Waals surface area contributed by atoms with Crippen LogP contribution in [0.3, 0.4) is 0 Å². The molecule has 2 aliphatic rings. The number of dihydropyridines is 1. The van der Waals surface area contributed by atoms with Crippen molar-refractivity contribution in [1.82, 2.24) is 5.32 Å². The summed E-state index contributed by atoms with van der Waals surface area (Å²) in [5.41, 5.74) is 3.86. The Labute approximate surface area is 221 Å². The summed E-state index contributed by atoms with van der Waals surface area (Å²) >= 11 is 1.63. The van der Waals surface area contributed by atoms with Crippen LogP contribution in [0.15, 0.2) is 89.3 Å². The first-order chi connectivity index (χ1) is 17.6.